The lowest BCUT2D eigenvalue weighted by atomic mass is 10.1. The molecule has 1 aromatic heterocycles. The molecule has 1 heterocycles. The number of hydrogen-bond acceptors (Lipinski definition) is 4. The Hall–Kier alpha value is -2.15. The third kappa shape index (κ3) is 3.36. The van der Waals surface area contributed by atoms with Crippen molar-refractivity contribution in [2.45, 2.75) is 24.4 Å². The van der Waals surface area contributed by atoms with Gasteiger partial charge in [0.2, 0.25) is 10.0 Å². The highest BCUT2D eigenvalue weighted by Crippen LogP contribution is 2.26. The van der Waals surface area contributed by atoms with Crippen molar-refractivity contribution in [3.8, 4) is 0 Å². The molecule has 126 valence electrons. The fourth-order valence-corrected chi connectivity index (χ4v) is 3.34. The van der Waals surface area contributed by atoms with Crippen LogP contribution >= 0.6 is 0 Å². The second-order valence-corrected chi connectivity index (χ2v) is 7.53. The molecule has 0 aliphatic heterocycles. The maximum Gasteiger partial charge on any atom is 0.238 e. The van der Waals surface area contributed by atoms with Crippen molar-refractivity contribution in [3.05, 3.63) is 65.9 Å². The normalized spacial score (nSPS) is 13.5. The van der Waals surface area contributed by atoms with E-state index >= 15 is 0 Å². The average molecular weight is 344 g/mol. The molecule has 0 spiro atoms. The van der Waals surface area contributed by atoms with E-state index in [-0.39, 0.29) is 10.9 Å². The van der Waals surface area contributed by atoms with Crippen molar-refractivity contribution in [1.82, 2.24) is 4.90 Å². The van der Waals surface area contributed by atoms with E-state index in [2.05, 4.69) is 4.90 Å². The molecule has 1 atom stereocenters. The van der Waals surface area contributed by atoms with E-state index in [0.29, 0.717) is 6.54 Å². The number of nitrogens with two attached hydrogens (primary N) is 1. The zero-order valence-electron chi connectivity index (χ0n) is 13.6. The van der Waals surface area contributed by atoms with Gasteiger partial charge in [-0.05, 0) is 37.7 Å². The average Bonchev–Trinajstić information content (AvgIpc) is 2.96. The topological polar surface area (TPSA) is 76.5 Å². The summed E-state index contributed by atoms with van der Waals surface area (Å²) in [6.07, 6.45) is 1.77. The zero-order chi connectivity index (χ0) is 17.3. The molecule has 5 nitrogen and oxygen atoms in total. The largest absolute Gasteiger partial charge is 0.464 e. The minimum Gasteiger partial charge on any atom is -0.464 e. The first-order valence-corrected chi connectivity index (χ1v) is 9.19. The molecule has 0 fully saturated rings. The van der Waals surface area contributed by atoms with Crippen LogP contribution in [0.15, 0.2) is 64.1 Å². The molecule has 2 N–H and O–H groups in total. The van der Waals surface area contributed by atoms with Crippen LogP contribution in [0.5, 0.6) is 0 Å². The van der Waals surface area contributed by atoms with E-state index in [1.165, 1.54) is 6.07 Å². The molecular weight excluding hydrogens is 324 g/mol. The molecule has 24 heavy (non-hydrogen) atoms. The summed E-state index contributed by atoms with van der Waals surface area (Å²) in [5.41, 5.74) is 2.86. The molecule has 0 aliphatic rings. The number of para-hydroxylation sites is 1. The summed E-state index contributed by atoms with van der Waals surface area (Å²) >= 11 is 0. The summed E-state index contributed by atoms with van der Waals surface area (Å²) in [6.45, 7) is 2.72. The van der Waals surface area contributed by atoms with Crippen molar-refractivity contribution >= 4 is 21.0 Å². The van der Waals surface area contributed by atoms with E-state index in [0.717, 1.165) is 22.1 Å². The van der Waals surface area contributed by atoms with Gasteiger partial charge in [-0.25, -0.2) is 13.6 Å². The molecule has 0 bridgehead atoms. The Kier molecular flexibility index (Phi) is 4.45. The Morgan fingerprint density at radius 3 is 2.67 bits per heavy atom. The first kappa shape index (κ1) is 16.7. The Morgan fingerprint density at radius 1 is 1.17 bits per heavy atom. The smallest absolute Gasteiger partial charge is 0.238 e. The molecule has 1 unspecified atom stereocenters. The van der Waals surface area contributed by atoms with Crippen LogP contribution < -0.4 is 5.14 Å². The molecule has 2 aromatic carbocycles. The van der Waals surface area contributed by atoms with Gasteiger partial charge in [0, 0.05) is 23.5 Å². The van der Waals surface area contributed by atoms with Crippen LogP contribution in [0, 0.1) is 0 Å². The lowest BCUT2D eigenvalue weighted by molar-refractivity contribution is 0.253. The Bertz CT molecular complexity index is 963. The number of benzene rings is 2. The fourth-order valence-electron chi connectivity index (χ4n) is 2.77. The standard InChI is InChI=1S/C18H20N2O3S/c1-13(14-6-5-7-16(10-14)24(19,21)22)20(2)11-15-12-23-18-9-4-3-8-17(15)18/h3-10,12-13H,11H2,1-2H3,(H2,19,21,22). The molecule has 0 amide bonds. The van der Waals surface area contributed by atoms with Crippen LogP contribution in [0.25, 0.3) is 11.0 Å². The van der Waals surface area contributed by atoms with Crippen molar-refractivity contribution in [2.24, 2.45) is 5.14 Å². The predicted octanol–water partition coefficient (Wildman–Crippen LogP) is 3.27. The van der Waals surface area contributed by atoms with Crippen LogP contribution in [0.4, 0.5) is 0 Å². The molecule has 0 radical (unpaired) electrons. The van der Waals surface area contributed by atoms with E-state index in [1.807, 2.05) is 44.3 Å². The Labute approximate surface area is 141 Å². The lowest BCUT2D eigenvalue weighted by Gasteiger charge is -2.25. The Balaban J connectivity index is 1.83. The summed E-state index contributed by atoms with van der Waals surface area (Å²) in [4.78, 5) is 2.27. The van der Waals surface area contributed by atoms with Gasteiger partial charge in [0.1, 0.15) is 5.58 Å². The van der Waals surface area contributed by atoms with Crippen molar-refractivity contribution in [3.63, 3.8) is 0 Å². The molecule has 3 rings (SSSR count). The van der Waals surface area contributed by atoms with Crippen LogP contribution in [0.2, 0.25) is 0 Å². The number of hydrogen-bond donors (Lipinski definition) is 1. The fraction of sp³-hybridized carbons (Fsp3) is 0.222. The summed E-state index contributed by atoms with van der Waals surface area (Å²) < 4.78 is 28.6. The van der Waals surface area contributed by atoms with Crippen LogP contribution in [-0.4, -0.2) is 20.4 Å². The third-order valence-electron chi connectivity index (χ3n) is 4.31. The van der Waals surface area contributed by atoms with Gasteiger partial charge in [-0.2, -0.15) is 0 Å². The number of sulfonamides is 1. The zero-order valence-corrected chi connectivity index (χ0v) is 14.5. The van der Waals surface area contributed by atoms with Gasteiger partial charge in [-0.15, -0.1) is 0 Å². The predicted molar refractivity (Wildman–Crippen MR) is 93.9 cm³/mol. The van der Waals surface area contributed by atoms with Gasteiger partial charge in [-0.1, -0.05) is 30.3 Å². The monoisotopic (exact) mass is 344 g/mol. The Morgan fingerprint density at radius 2 is 1.92 bits per heavy atom. The molecule has 0 aliphatic carbocycles. The number of furan rings is 1. The van der Waals surface area contributed by atoms with Crippen molar-refractivity contribution in [1.29, 1.82) is 0 Å². The highest BCUT2D eigenvalue weighted by atomic mass is 32.2. The number of fused-ring (bicyclic) bond motifs is 1. The maximum atomic E-state index is 11.5. The number of rotatable bonds is 5. The molecule has 3 aromatic rings. The van der Waals surface area contributed by atoms with E-state index < -0.39 is 10.0 Å². The third-order valence-corrected chi connectivity index (χ3v) is 5.22. The van der Waals surface area contributed by atoms with Crippen molar-refractivity contribution in [2.75, 3.05) is 7.05 Å². The van der Waals surface area contributed by atoms with Gasteiger partial charge in [-0.3, -0.25) is 4.90 Å². The van der Waals surface area contributed by atoms with Crippen LogP contribution in [0.1, 0.15) is 24.1 Å². The van der Waals surface area contributed by atoms with E-state index in [4.69, 9.17) is 9.56 Å². The second-order valence-electron chi connectivity index (χ2n) is 5.97. The number of primary sulfonamides is 1. The van der Waals surface area contributed by atoms with Gasteiger partial charge in [0.25, 0.3) is 0 Å². The van der Waals surface area contributed by atoms with Gasteiger partial charge < -0.3 is 4.42 Å². The van der Waals surface area contributed by atoms with Crippen LogP contribution in [-0.2, 0) is 16.6 Å². The minimum absolute atomic E-state index is 0.0281. The second kappa shape index (κ2) is 6.39. The first-order valence-electron chi connectivity index (χ1n) is 7.64. The van der Waals surface area contributed by atoms with E-state index in [9.17, 15) is 8.42 Å². The molecule has 0 saturated carbocycles. The summed E-state index contributed by atoms with van der Waals surface area (Å²) in [5.74, 6) is 0. The SMILES string of the molecule is CC(c1cccc(S(N)(=O)=O)c1)N(C)Cc1coc2ccccc12. The minimum atomic E-state index is -3.70. The first-order chi connectivity index (χ1) is 11.4. The maximum absolute atomic E-state index is 11.5. The molecule has 0 saturated heterocycles. The summed E-state index contributed by atoms with van der Waals surface area (Å²) in [6, 6.07) is 14.7. The number of nitrogens with zero attached hydrogens (tertiary/aromatic N) is 1. The highest BCUT2D eigenvalue weighted by molar-refractivity contribution is 7.89. The van der Waals surface area contributed by atoms with Gasteiger partial charge >= 0.3 is 0 Å². The molecule has 6 heteroatoms. The van der Waals surface area contributed by atoms with Crippen molar-refractivity contribution < 1.29 is 12.8 Å². The van der Waals surface area contributed by atoms with E-state index in [1.54, 1.807) is 18.4 Å². The summed E-state index contributed by atoms with van der Waals surface area (Å²) in [5, 5.41) is 6.31. The van der Waals surface area contributed by atoms with Crippen LogP contribution in [0.3, 0.4) is 0 Å². The quantitative estimate of drug-likeness (QED) is 0.770. The lowest BCUT2D eigenvalue weighted by Crippen LogP contribution is -2.22. The van der Waals surface area contributed by atoms with Gasteiger partial charge in [0.15, 0.2) is 0 Å². The van der Waals surface area contributed by atoms with Gasteiger partial charge in [0.05, 0.1) is 11.2 Å². The molecular formula is C18H20N2O3S. The highest BCUT2D eigenvalue weighted by Gasteiger charge is 2.17. The summed E-state index contributed by atoms with van der Waals surface area (Å²) in [7, 11) is -1.70.